The summed E-state index contributed by atoms with van der Waals surface area (Å²) in [5, 5.41) is 4.02. The molecule has 2 fully saturated rings. The number of halogens is 1. The molecule has 1 unspecified atom stereocenters. The number of rotatable bonds is 3. The van der Waals surface area contributed by atoms with Gasteiger partial charge in [0.2, 0.25) is 5.91 Å². The highest BCUT2D eigenvalue weighted by atomic mass is 35.5. The minimum absolute atomic E-state index is 0.174. The van der Waals surface area contributed by atoms with Crippen LogP contribution in [0.15, 0.2) is 24.3 Å². The van der Waals surface area contributed by atoms with Crippen LogP contribution >= 0.6 is 11.6 Å². The zero-order valence-electron chi connectivity index (χ0n) is 13.3. The van der Waals surface area contributed by atoms with Crippen LogP contribution in [0.4, 0.5) is 0 Å². The molecule has 3 rings (SSSR count). The van der Waals surface area contributed by atoms with E-state index >= 15 is 0 Å². The van der Waals surface area contributed by atoms with Crippen LogP contribution in [0.3, 0.4) is 0 Å². The molecule has 2 saturated heterocycles. The first-order valence-electron chi connectivity index (χ1n) is 8.29. The zero-order chi connectivity index (χ0) is 16.1. The summed E-state index contributed by atoms with van der Waals surface area (Å²) in [6.45, 7) is 6.38. The molecule has 1 aromatic carbocycles. The van der Waals surface area contributed by atoms with Crippen molar-refractivity contribution < 1.29 is 9.53 Å². The monoisotopic (exact) mass is 337 g/mol. The van der Waals surface area contributed by atoms with Crippen molar-refractivity contribution in [1.82, 2.24) is 15.1 Å². The van der Waals surface area contributed by atoms with E-state index in [1.165, 1.54) is 5.56 Å². The molecule has 2 aliphatic heterocycles. The first-order chi connectivity index (χ1) is 11.2. The number of carbonyl (C=O) groups excluding carboxylic acids is 1. The quantitative estimate of drug-likeness (QED) is 0.904. The molecule has 1 atom stereocenters. The fraction of sp³-hybridized carbons (Fsp3) is 0.588. The second kappa shape index (κ2) is 8.11. The van der Waals surface area contributed by atoms with Crippen LogP contribution in [0.5, 0.6) is 0 Å². The molecule has 5 nitrogen and oxygen atoms in total. The van der Waals surface area contributed by atoms with E-state index in [1.54, 1.807) is 0 Å². The Bertz CT molecular complexity index is 517. The molecule has 1 aromatic rings. The lowest BCUT2D eigenvalue weighted by Gasteiger charge is -2.29. The Labute approximate surface area is 142 Å². The van der Waals surface area contributed by atoms with Gasteiger partial charge < -0.3 is 15.0 Å². The van der Waals surface area contributed by atoms with Crippen molar-refractivity contribution >= 4 is 17.5 Å². The number of benzene rings is 1. The number of carbonyl (C=O) groups is 1. The summed E-state index contributed by atoms with van der Waals surface area (Å²) in [6.07, 6.45) is 1.01. The largest absolute Gasteiger partial charge is 0.378 e. The Hall–Kier alpha value is -1.14. The molecule has 0 radical (unpaired) electrons. The molecule has 1 amide bonds. The Morgan fingerprint density at radius 1 is 1.22 bits per heavy atom. The highest BCUT2D eigenvalue weighted by Gasteiger charge is 2.27. The van der Waals surface area contributed by atoms with Crippen molar-refractivity contribution in [3.63, 3.8) is 0 Å². The maximum atomic E-state index is 12.6. The Morgan fingerprint density at radius 2 is 2.04 bits per heavy atom. The van der Waals surface area contributed by atoms with E-state index in [1.807, 2.05) is 17.0 Å². The molecule has 0 saturated carbocycles. The molecule has 2 aliphatic rings. The molecule has 0 spiro atoms. The van der Waals surface area contributed by atoms with Crippen molar-refractivity contribution in [2.45, 2.75) is 19.0 Å². The van der Waals surface area contributed by atoms with Crippen LogP contribution in [0, 0.1) is 0 Å². The van der Waals surface area contributed by atoms with E-state index < -0.39 is 0 Å². The van der Waals surface area contributed by atoms with Crippen LogP contribution in [-0.2, 0) is 16.1 Å². The smallest absolute Gasteiger partial charge is 0.242 e. The highest BCUT2D eigenvalue weighted by Crippen LogP contribution is 2.13. The van der Waals surface area contributed by atoms with Gasteiger partial charge in [-0.15, -0.1) is 0 Å². The van der Waals surface area contributed by atoms with Gasteiger partial charge >= 0.3 is 0 Å². The molecule has 6 heteroatoms. The molecule has 126 valence electrons. The van der Waals surface area contributed by atoms with Crippen LogP contribution < -0.4 is 5.32 Å². The van der Waals surface area contributed by atoms with Gasteiger partial charge in [0, 0.05) is 44.3 Å². The number of nitrogens with zero attached hydrogens (tertiary/aromatic N) is 2. The zero-order valence-corrected chi connectivity index (χ0v) is 14.1. The number of hydrogen-bond donors (Lipinski definition) is 1. The van der Waals surface area contributed by atoms with E-state index in [9.17, 15) is 4.79 Å². The predicted octanol–water partition coefficient (Wildman–Crippen LogP) is 1.36. The Morgan fingerprint density at radius 3 is 2.78 bits per heavy atom. The Kier molecular flexibility index (Phi) is 5.89. The second-order valence-electron chi connectivity index (χ2n) is 6.16. The maximum absolute atomic E-state index is 12.6. The molecule has 0 bridgehead atoms. The van der Waals surface area contributed by atoms with Gasteiger partial charge in [0.1, 0.15) is 6.04 Å². The minimum Gasteiger partial charge on any atom is -0.378 e. The van der Waals surface area contributed by atoms with Gasteiger partial charge in [-0.05, 0) is 24.1 Å². The van der Waals surface area contributed by atoms with Gasteiger partial charge in [-0.1, -0.05) is 23.7 Å². The second-order valence-corrected chi connectivity index (χ2v) is 6.60. The van der Waals surface area contributed by atoms with Gasteiger partial charge in [-0.2, -0.15) is 0 Å². The normalized spacial score (nSPS) is 23.5. The van der Waals surface area contributed by atoms with Gasteiger partial charge in [-0.3, -0.25) is 9.69 Å². The van der Waals surface area contributed by atoms with Gasteiger partial charge in [-0.25, -0.2) is 0 Å². The first kappa shape index (κ1) is 16.7. The summed E-state index contributed by atoms with van der Waals surface area (Å²) in [5.74, 6) is 0.179. The minimum atomic E-state index is -0.174. The predicted molar refractivity (Wildman–Crippen MR) is 90.5 cm³/mol. The van der Waals surface area contributed by atoms with Gasteiger partial charge in [0.05, 0.1) is 13.2 Å². The lowest BCUT2D eigenvalue weighted by Crippen LogP contribution is -2.53. The molecule has 0 aromatic heterocycles. The van der Waals surface area contributed by atoms with E-state index in [0.29, 0.717) is 13.2 Å². The van der Waals surface area contributed by atoms with E-state index in [2.05, 4.69) is 22.3 Å². The van der Waals surface area contributed by atoms with Crippen molar-refractivity contribution in [1.29, 1.82) is 0 Å². The third kappa shape index (κ3) is 4.67. The average Bonchev–Trinajstić information content (AvgIpc) is 2.83. The van der Waals surface area contributed by atoms with Crippen LogP contribution in [0.25, 0.3) is 0 Å². The molecule has 1 N–H and O–H groups in total. The van der Waals surface area contributed by atoms with Crippen molar-refractivity contribution in [2.75, 3.05) is 45.9 Å². The summed E-state index contributed by atoms with van der Waals surface area (Å²) in [5.41, 5.74) is 1.26. The standard InChI is InChI=1S/C17H24ClN3O2/c18-15-4-2-14(3-5-15)12-20-7-1-8-21(10-9-20)17(22)16-13-23-11-6-19-16/h2-5,16,19H,1,6-13H2. The third-order valence-corrected chi connectivity index (χ3v) is 4.69. The fourth-order valence-electron chi connectivity index (χ4n) is 3.14. The average molecular weight is 338 g/mol. The molecule has 0 aliphatic carbocycles. The lowest BCUT2D eigenvalue weighted by atomic mass is 10.2. The molecular weight excluding hydrogens is 314 g/mol. The number of amides is 1. The summed E-state index contributed by atoms with van der Waals surface area (Å²) >= 11 is 5.93. The molecule has 23 heavy (non-hydrogen) atoms. The van der Waals surface area contributed by atoms with Crippen molar-refractivity contribution in [3.8, 4) is 0 Å². The van der Waals surface area contributed by atoms with Crippen LogP contribution in [0.1, 0.15) is 12.0 Å². The summed E-state index contributed by atoms with van der Waals surface area (Å²) in [7, 11) is 0. The number of hydrogen-bond acceptors (Lipinski definition) is 4. The topological polar surface area (TPSA) is 44.8 Å². The highest BCUT2D eigenvalue weighted by molar-refractivity contribution is 6.30. The Balaban J connectivity index is 1.52. The summed E-state index contributed by atoms with van der Waals surface area (Å²) < 4.78 is 5.40. The molecule has 2 heterocycles. The summed E-state index contributed by atoms with van der Waals surface area (Å²) in [6, 6.07) is 7.82. The summed E-state index contributed by atoms with van der Waals surface area (Å²) in [4.78, 5) is 16.9. The number of ether oxygens (including phenoxy) is 1. The van der Waals surface area contributed by atoms with Crippen molar-refractivity contribution in [3.05, 3.63) is 34.9 Å². The van der Waals surface area contributed by atoms with Crippen LogP contribution in [0.2, 0.25) is 5.02 Å². The third-order valence-electron chi connectivity index (χ3n) is 4.44. The van der Waals surface area contributed by atoms with Gasteiger partial charge in [0.25, 0.3) is 0 Å². The first-order valence-corrected chi connectivity index (χ1v) is 8.67. The number of morpholine rings is 1. The maximum Gasteiger partial charge on any atom is 0.242 e. The fourth-order valence-corrected chi connectivity index (χ4v) is 3.27. The van der Waals surface area contributed by atoms with E-state index in [4.69, 9.17) is 16.3 Å². The van der Waals surface area contributed by atoms with Gasteiger partial charge in [0.15, 0.2) is 0 Å². The van der Waals surface area contributed by atoms with E-state index in [0.717, 1.165) is 50.7 Å². The molecular formula is C17H24ClN3O2. The lowest BCUT2D eigenvalue weighted by molar-refractivity contribution is -0.136. The van der Waals surface area contributed by atoms with Crippen LogP contribution in [-0.4, -0.2) is 67.7 Å². The van der Waals surface area contributed by atoms with Crippen molar-refractivity contribution in [2.24, 2.45) is 0 Å². The van der Waals surface area contributed by atoms with E-state index in [-0.39, 0.29) is 11.9 Å². The number of nitrogens with one attached hydrogen (secondary N) is 1. The SMILES string of the molecule is O=C(C1COCCN1)N1CCCN(Cc2ccc(Cl)cc2)CC1.